The molecule has 0 spiro atoms. The molecule has 1 aromatic carbocycles. The molecule has 0 fully saturated rings. The maximum atomic E-state index is 9.11. The Kier molecular flexibility index (Phi) is 6.67. The molecule has 0 radical (unpaired) electrons. The number of aliphatic hydroxyl groups is 1. The highest BCUT2D eigenvalue weighted by Crippen LogP contribution is 2.13. The van der Waals surface area contributed by atoms with E-state index >= 15 is 0 Å². The predicted molar refractivity (Wildman–Crippen MR) is 70.5 cm³/mol. The van der Waals surface area contributed by atoms with Crippen LogP contribution in [0.1, 0.15) is 25.8 Å². The van der Waals surface area contributed by atoms with E-state index in [1.807, 2.05) is 19.1 Å². The quantitative estimate of drug-likeness (QED) is 0.726. The molecule has 0 aliphatic carbocycles. The minimum absolute atomic E-state index is 0.00955. The Labute approximate surface area is 104 Å². The average Bonchev–Trinajstić information content (AvgIpc) is 2.36. The summed E-state index contributed by atoms with van der Waals surface area (Å²) in [6.45, 7) is 5.62. The summed E-state index contributed by atoms with van der Waals surface area (Å²) in [5.74, 6) is 0.862. The summed E-state index contributed by atoms with van der Waals surface area (Å²) < 4.78 is 5.62. The van der Waals surface area contributed by atoms with Crippen molar-refractivity contribution >= 4 is 0 Å². The topological polar surface area (TPSA) is 41.5 Å². The fourth-order valence-corrected chi connectivity index (χ4v) is 1.70. The maximum absolute atomic E-state index is 9.11. The highest BCUT2D eigenvalue weighted by atomic mass is 16.5. The zero-order chi connectivity index (χ0) is 12.5. The largest absolute Gasteiger partial charge is 0.492 e. The zero-order valence-corrected chi connectivity index (χ0v) is 10.8. The zero-order valence-electron chi connectivity index (χ0n) is 10.8. The van der Waals surface area contributed by atoms with Crippen LogP contribution < -0.4 is 10.1 Å². The smallest absolute Gasteiger partial charge is 0.119 e. The third kappa shape index (κ3) is 5.20. The molecular formula is C14H23NO2. The van der Waals surface area contributed by atoms with Gasteiger partial charge in [0.25, 0.3) is 0 Å². The minimum Gasteiger partial charge on any atom is -0.492 e. The van der Waals surface area contributed by atoms with E-state index in [9.17, 15) is 0 Å². The molecule has 1 aromatic rings. The molecule has 1 atom stereocenters. The second-order valence-corrected chi connectivity index (χ2v) is 4.14. The fourth-order valence-electron chi connectivity index (χ4n) is 1.70. The third-order valence-electron chi connectivity index (χ3n) is 2.63. The van der Waals surface area contributed by atoms with E-state index in [0.29, 0.717) is 6.61 Å². The van der Waals surface area contributed by atoms with Gasteiger partial charge in [-0.05, 0) is 30.7 Å². The normalized spacial score (nSPS) is 12.4. The van der Waals surface area contributed by atoms with Crippen molar-refractivity contribution < 1.29 is 9.84 Å². The van der Waals surface area contributed by atoms with Gasteiger partial charge in [-0.25, -0.2) is 0 Å². The van der Waals surface area contributed by atoms with E-state index in [1.165, 1.54) is 5.56 Å². The van der Waals surface area contributed by atoms with Gasteiger partial charge in [0.1, 0.15) is 12.4 Å². The van der Waals surface area contributed by atoms with Crippen LogP contribution in [0.3, 0.4) is 0 Å². The summed E-state index contributed by atoms with van der Waals surface area (Å²) in [6, 6.07) is 8.19. The number of likely N-dealkylation sites (N-methyl/N-ethyl adjacent to an activating group) is 1. The molecule has 3 nitrogen and oxygen atoms in total. The van der Waals surface area contributed by atoms with Gasteiger partial charge in [-0.15, -0.1) is 0 Å². The van der Waals surface area contributed by atoms with Crippen molar-refractivity contribution in [2.45, 2.75) is 32.7 Å². The van der Waals surface area contributed by atoms with Crippen LogP contribution in [-0.2, 0) is 6.42 Å². The molecule has 96 valence electrons. The number of hydrogen-bond donors (Lipinski definition) is 2. The summed E-state index contributed by atoms with van der Waals surface area (Å²) in [6.07, 6.45) is 2.27. The fraction of sp³-hybridized carbons (Fsp3) is 0.571. The Morgan fingerprint density at radius 1 is 1.24 bits per heavy atom. The molecule has 0 aliphatic heterocycles. The molecule has 0 bridgehead atoms. The van der Waals surface area contributed by atoms with Gasteiger partial charge >= 0.3 is 0 Å². The van der Waals surface area contributed by atoms with Crippen LogP contribution in [-0.4, -0.2) is 30.9 Å². The van der Waals surface area contributed by atoms with Crippen molar-refractivity contribution in [3.8, 4) is 5.75 Å². The first-order valence-corrected chi connectivity index (χ1v) is 6.36. The van der Waals surface area contributed by atoms with Crippen molar-refractivity contribution in [2.24, 2.45) is 0 Å². The summed E-state index contributed by atoms with van der Waals surface area (Å²) in [5.41, 5.74) is 1.34. The van der Waals surface area contributed by atoms with Gasteiger partial charge in [0.15, 0.2) is 0 Å². The first kappa shape index (κ1) is 14.0. The number of aliphatic hydroxyl groups excluding tert-OH is 1. The van der Waals surface area contributed by atoms with Crippen LogP contribution in [0.5, 0.6) is 5.75 Å². The van der Waals surface area contributed by atoms with Crippen molar-refractivity contribution in [1.82, 2.24) is 5.32 Å². The van der Waals surface area contributed by atoms with Crippen LogP contribution in [0.4, 0.5) is 0 Å². The lowest BCUT2D eigenvalue weighted by Gasteiger charge is -2.16. The van der Waals surface area contributed by atoms with E-state index < -0.39 is 0 Å². The van der Waals surface area contributed by atoms with Crippen LogP contribution in [0.25, 0.3) is 0 Å². The molecule has 0 amide bonds. The second-order valence-electron chi connectivity index (χ2n) is 4.14. The van der Waals surface area contributed by atoms with Crippen LogP contribution in [0, 0.1) is 0 Å². The molecular weight excluding hydrogens is 214 g/mol. The van der Waals surface area contributed by atoms with Crippen molar-refractivity contribution in [1.29, 1.82) is 0 Å². The Morgan fingerprint density at radius 2 is 1.94 bits per heavy atom. The Balaban J connectivity index is 2.40. The monoisotopic (exact) mass is 237 g/mol. The lowest BCUT2D eigenvalue weighted by molar-refractivity contribution is 0.184. The molecule has 17 heavy (non-hydrogen) atoms. The molecule has 3 heteroatoms. The Morgan fingerprint density at radius 3 is 2.47 bits per heavy atom. The first-order valence-electron chi connectivity index (χ1n) is 6.36. The van der Waals surface area contributed by atoms with Gasteiger partial charge in [-0.2, -0.15) is 0 Å². The van der Waals surface area contributed by atoms with Gasteiger partial charge in [0.05, 0.1) is 12.6 Å². The molecule has 1 unspecified atom stereocenters. The van der Waals surface area contributed by atoms with Crippen molar-refractivity contribution in [3.63, 3.8) is 0 Å². The van der Waals surface area contributed by atoms with E-state index in [1.54, 1.807) is 0 Å². The van der Waals surface area contributed by atoms with Crippen LogP contribution in [0.2, 0.25) is 0 Å². The van der Waals surface area contributed by atoms with Gasteiger partial charge in [-0.3, -0.25) is 0 Å². The van der Waals surface area contributed by atoms with Gasteiger partial charge in [0.2, 0.25) is 0 Å². The van der Waals surface area contributed by atoms with Crippen molar-refractivity contribution in [3.05, 3.63) is 29.8 Å². The highest BCUT2D eigenvalue weighted by Gasteiger charge is 2.06. The maximum Gasteiger partial charge on any atom is 0.119 e. The summed E-state index contributed by atoms with van der Waals surface area (Å²) in [7, 11) is 0. The van der Waals surface area contributed by atoms with Gasteiger partial charge in [0, 0.05) is 0 Å². The molecule has 0 heterocycles. The summed E-state index contributed by atoms with van der Waals surface area (Å²) >= 11 is 0. The lowest BCUT2D eigenvalue weighted by atomic mass is 10.1. The van der Waals surface area contributed by atoms with E-state index in [-0.39, 0.29) is 12.6 Å². The summed E-state index contributed by atoms with van der Waals surface area (Å²) in [5, 5.41) is 12.3. The highest BCUT2D eigenvalue weighted by molar-refractivity contribution is 5.27. The number of nitrogens with one attached hydrogen (secondary N) is 1. The Hall–Kier alpha value is -1.06. The van der Waals surface area contributed by atoms with E-state index in [2.05, 4.69) is 24.4 Å². The third-order valence-corrected chi connectivity index (χ3v) is 2.63. The van der Waals surface area contributed by atoms with Crippen LogP contribution in [0.15, 0.2) is 24.3 Å². The second kappa shape index (κ2) is 8.09. The molecule has 2 N–H and O–H groups in total. The number of ether oxygens (including phenoxy) is 1. The molecule has 0 saturated heterocycles. The van der Waals surface area contributed by atoms with E-state index in [4.69, 9.17) is 9.84 Å². The predicted octanol–water partition coefficient (Wildman–Crippen LogP) is 1.99. The average molecular weight is 237 g/mol. The van der Waals surface area contributed by atoms with Crippen LogP contribution >= 0.6 is 0 Å². The summed E-state index contributed by atoms with van der Waals surface area (Å²) in [4.78, 5) is 0. The minimum atomic E-state index is 0.00955. The van der Waals surface area contributed by atoms with Gasteiger partial charge < -0.3 is 15.2 Å². The van der Waals surface area contributed by atoms with E-state index in [0.717, 1.165) is 25.1 Å². The van der Waals surface area contributed by atoms with Gasteiger partial charge in [-0.1, -0.05) is 32.4 Å². The molecule has 1 rings (SSSR count). The first-order chi connectivity index (χ1) is 8.30. The number of hydrogen-bond acceptors (Lipinski definition) is 3. The molecule has 0 aliphatic rings. The standard InChI is InChI=1S/C14H23NO2/c1-3-5-12-6-8-14(9-7-12)17-11-13(10-16)15-4-2/h6-9,13,15-16H,3-5,10-11H2,1-2H3. The molecule has 0 saturated carbocycles. The molecule has 0 aromatic heterocycles. The Bertz CT molecular complexity index is 298. The number of rotatable bonds is 8. The number of aryl methyl sites for hydroxylation is 1. The number of benzene rings is 1. The SMILES string of the molecule is CCCc1ccc(OCC(CO)NCC)cc1. The lowest BCUT2D eigenvalue weighted by Crippen LogP contribution is -2.37. The van der Waals surface area contributed by atoms with Crippen molar-refractivity contribution in [2.75, 3.05) is 19.8 Å².